The van der Waals surface area contributed by atoms with E-state index in [4.69, 9.17) is 4.74 Å². The van der Waals surface area contributed by atoms with E-state index in [1.54, 1.807) is 25.1 Å². The Kier molecular flexibility index (Phi) is 6.72. The van der Waals surface area contributed by atoms with Crippen LogP contribution in [-0.4, -0.2) is 33.2 Å². The smallest absolute Gasteiger partial charge is 0.338 e. The lowest BCUT2D eigenvalue weighted by Crippen LogP contribution is -2.27. The number of ether oxygens (including phenoxy) is 1. The highest BCUT2D eigenvalue weighted by molar-refractivity contribution is 8.18. The molecule has 2 heterocycles. The van der Waals surface area contributed by atoms with Crippen LogP contribution in [0, 0.1) is 13.8 Å². The zero-order valence-electron chi connectivity index (χ0n) is 20.9. The second-order valence-corrected chi connectivity index (χ2v) is 9.87. The molecule has 2 amide bonds. The molecule has 0 N–H and O–H groups in total. The summed E-state index contributed by atoms with van der Waals surface area (Å²) in [4.78, 5) is 39.6. The molecule has 0 saturated carbocycles. The molecule has 0 spiro atoms. The van der Waals surface area contributed by atoms with Crippen molar-refractivity contribution in [2.45, 2.75) is 27.3 Å². The summed E-state index contributed by atoms with van der Waals surface area (Å²) in [6, 6.07) is 23.2. The van der Waals surface area contributed by atoms with E-state index < -0.39 is 0 Å². The van der Waals surface area contributed by atoms with Crippen LogP contribution in [0.4, 0.5) is 4.79 Å². The molecule has 1 saturated heterocycles. The number of benzene rings is 3. The number of esters is 1. The number of imide groups is 1. The van der Waals surface area contributed by atoms with Crippen LogP contribution in [0.1, 0.15) is 39.8 Å². The van der Waals surface area contributed by atoms with Crippen LogP contribution in [0.3, 0.4) is 0 Å². The van der Waals surface area contributed by atoms with E-state index in [1.165, 1.54) is 4.90 Å². The van der Waals surface area contributed by atoms with E-state index in [9.17, 15) is 14.4 Å². The molecule has 1 fully saturated rings. The zero-order valence-corrected chi connectivity index (χ0v) is 21.7. The van der Waals surface area contributed by atoms with Crippen LogP contribution in [0.15, 0.2) is 77.7 Å². The van der Waals surface area contributed by atoms with Gasteiger partial charge in [0.2, 0.25) is 0 Å². The number of carbonyl (C=O) groups is 3. The van der Waals surface area contributed by atoms with Gasteiger partial charge in [-0.1, -0.05) is 36.4 Å². The molecule has 0 atom stereocenters. The summed E-state index contributed by atoms with van der Waals surface area (Å²) >= 11 is 0.967. The van der Waals surface area contributed by atoms with Crippen molar-refractivity contribution < 1.29 is 19.1 Å². The number of fused-ring (bicyclic) bond motifs is 1. The molecule has 37 heavy (non-hydrogen) atoms. The van der Waals surface area contributed by atoms with Gasteiger partial charge in [0.1, 0.15) is 0 Å². The number of hydrogen-bond acceptors (Lipinski definition) is 5. The second-order valence-electron chi connectivity index (χ2n) is 8.88. The van der Waals surface area contributed by atoms with E-state index in [-0.39, 0.29) is 23.7 Å². The summed E-state index contributed by atoms with van der Waals surface area (Å²) in [5.41, 5.74) is 5.07. The van der Waals surface area contributed by atoms with E-state index in [0.29, 0.717) is 17.1 Å². The Balaban J connectivity index is 1.38. The molecule has 186 valence electrons. The third-order valence-corrected chi connectivity index (χ3v) is 7.33. The molecule has 3 aromatic carbocycles. The first-order valence-corrected chi connectivity index (χ1v) is 12.9. The van der Waals surface area contributed by atoms with Gasteiger partial charge in [0.25, 0.3) is 11.1 Å². The molecular weight excluding hydrogens is 484 g/mol. The SMILES string of the molecule is CCOC(=O)c1ccc(-n2c(C)cc(/C=C3\SC(=O)N(Cc4ccc5ccccc5c4)C3=O)c2C)cc1. The maximum atomic E-state index is 13.2. The van der Waals surface area contributed by atoms with Gasteiger partial charge in [-0.3, -0.25) is 14.5 Å². The van der Waals surface area contributed by atoms with Crippen molar-refractivity contribution in [2.75, 3.05) is 6.61 Å². The number of rotatable bonds is 6. The van der Waals surface area contributed by atoms with Crippen LogP contribution in [0.25, 0.3) is 22.5 Å². The molecule has 1 aromatic heterocycles. The van der Waals surface area contributed by atoms with E-state index in [0.717, 1.165) is 50.7 Å². The first-order valence-electron chi connectivity index (χ1n) is 12.0. The molecule has 0 bridgehead atoms. The number of carbonyl (C=O) groups excluding carboxylic acids is 3. The average Bonchev–Trinajstić information content (AvgIpc) is 3.32. The predicted molar refractivity (Wildman–Crippen MR) is 147 cm³/mol. The molecule has 4 aromatic rings. The van der Waals surface area contributed by atoms with Crippen molar-refractivity contribution in [3.8, 4) is 5.69 Å². The average molecular weight is 511 g/mol. The number of aryl methyl sites for hydroxylation is 1. The van der Waals surface area contributed by atoms with Gasteiger partial charge in [0.05, 0.1) is 23.6 Å². The Morgan fingerprint density at radius 1 is 0.946 bits per heavy atom. The molecule has 0 unspecified atom stereocenters. The van der Waals surface area contributed by atoms with Crippen molar-refractivity contribution in [3.63, 3.8) is 0 Å². The lowest BCUT2D eigenvalue weighted by Gasteiger charge is -2.13. The monoisotopic (exact) mass is 510 g/mol. The van der Waals surface area contributed by atoms with E-state index in [2.05, 4.69) is 4.57 Å². The normalized spacial score (nSPS) is 14.7. The molecule has 0 radical (unpaired) electrons. The lowest BCUT2D eigenvalue weighted by molar-refractivity contribution is -0.123. The maximum Gasteiger partial charge on any atom is 0.338 e. The minimum absolute atomic E-state index is 0.235. The predicted octanol–water partition coefficient (Wildman–Crippen LogP) is 6.66. The van der Waals surface area contributed by atoms with E-state index >= 15 is 0 Å². The third-order valence-electron chi connectivity index (χ3n) is 6.42. The van der Waals surface area contributed by atoms with Gasteiger partial charge < -0.3 is 9.30 Å². The highest BCUT2D eigenvalue weighted by Crippen LogP contribution is 2.35. The largest absolute Gasteiger partial charge is 0.462 e. The van der Waals surface area contributed by atoms with Crippen LogP contribution < -0.4 is 0 Å². The van der Waals surface area contributed by atoms with Crippen molar-refractivity contribution in [1.82, 2.24) is 9.47 Å². The fraction of sp³-hybridized carbons (Fsp3) is 0.167. The summed E-state index contributed by atoms with van der Waals surface area (Å²) in [6.07, 6.45) is 1.79. The topological polar surface area (TPSA) is 68.6 Å². The maximum absolute atomic E-state index is 13.2. The Labute approximate surface area is 219 Å². The number of aromatic nitrogens is 1. The quantitative estimate of drug-likeness (QED) is 0.214. The summed E-state index contributed by atoms with van der Waals surface area (Å²) in [7, 11) is 0. The fourth-order valence-corrected chi connectivity index (χ4v) is 5.42. The van der Waals surface area contributed by atoms with Crippen molar-refractivity contribution in [1.29, 1.82) is 0 Å². The standard InChI is InChI=1S/C30H26N2O4S/c1-4-36-29(34)23-11-13-26(14-12-23)32-19(2)15-25(20(32)3)17-27-28(33)31(30(35)37-27)18-21-9-10-22-7-5-6-8-24(22)16-21/h5-17H,4,18H2,1-3H3/b27-17-. The first kappa shape index (κ1) is 24.6. The molecule has 6 nitrogen and oxygen atoms in total. The zero-order chi connectivity index (χ0) is 26.1. The molecular formula is C30H26N2O4S. The van der Waals surface area contributed by atoms with Crippen molar-refractivity contribution in [3.05, 3.63) is 106 Å². The Bertz CT molecular complexity index is 1570. The van der Waals surface area contributed by atoms with Gasteiger partial charge in [-0.15, -0.1) is 0 Å². The highest BCUT2D eigenvalue weighted by atomic mass is 32.2. The minimum Gasteiger partial charge on any atom is -0.462 e. The summed E-state index contributed by atoms with van der Waals surface area (Å²) in [6.45, 7) is 6.29. The van der Waals surface area contributed by atoms with Gasteiger partial charge in [-0.05, 0) is 96.9 Å². The van der Waals surface area contributed by atoms with E-state index in [1.807, 2.05) is 74.5 Å². The third kappa shape index (κ3) is 4.82. The van der Waals surface area contributed by atoms with Crippen molar-refractivity contribution >= 4 is 45.7 Å². The Morgan fingerprint density at radius 2 is 1.68 bits per heavy atom. The minimum atomic E-state index is -0.352. The van der Waals surface area contributed by atoms with Gasteiger partial charge in [0.15, 0.2) is 0 Å². The highest BCUT2D eigenvalue weighted by Gasteiger charge is 2.35. The number of nitrogens with zero attached hydrogens (tertiary/aromatic N) is 2. The van der Waals surface area contributed by atoms with Crippen LogP contribution in [0.5, 0.6) is 0 Å². The summed E-state index contributed by atoms with van der Waals surface area (Å²) in [5.74, 6) is -0.637. The van der Waals surface area contributed by atoms with Crippen LogP contribution in [-0.2, 0) is 16.1 Å². The molecule has 0 aliphatic carbocycles. The summed E-state index contributed by atoms with van der Waals surface area (Å²) < 4.78 is 7.12. The Hall–Kier alpha value is -4.10. The molecule has 1 aliphatic rings. The van der Waals surface area contributed by atoms with Gasteiger partial charge >= 0.3 is 5.97 Å². The van der Waals surface area contributed by atoms with Gasteiger partial charge in [0, 0.05) is 17.1 Å². The van der Waals surface area contributed by atoms with Crippen molar-refractivity contribution in [2.24, 2.45) is 0 Å². The van der Waals surface area contributed by atoms with Gasteiger partial charge in [-0.2, -0.15) is 0 Å². The fourth-order valence-electron chi connectivity index (χ4n) is 4.59. The lowest BCUT2D eigenvalue weighted by atomic mass is 10.1. The van der Waals surface area contributed by atoms with Gasteiger partial charge in [-0.25, -0.2) is 4.79 Å². The first-order chi connectivity index (χ1) is 17.9. The molecule has 7 heteroatoms. The number of thioether (sulfide) groups is 1. The van der Waals surface area contributed by atoms with Crippen LogP contribution >= 0.6 is 11.8 Å². The summed E-state index contributed by atoms with van der Waals surface area (Å²) in [5, 5.41) is 1.92. The Morgan fingerprint density at radius 3 is 2.41 bits per heavy atom. The molecule has 5 rings (SSSR count). The molecule has 1 aliphatic heterocycles. The van der Waals surface area contributed by atoms with Crippen LogP contribution in [0.2, 0.25) is 0 Å². The number of hydrogen-bond donors (Lipinski definition) is 0. The number of amides is 2. The second kappa shape index (κ2) is 10.1.